The van der Waals surface area contributed by atoms with Crippen molar-refractivity contribution in [1.29, 1.82) is 0 Å². The third kappa shape index (κ3) is 10.0. The largest absolute Gasteiger partial charge is 0.466 e. The van der Waals surface area contributed by atoms with E-state index in [-0.39, 0.29) is 17.1 Å². The molecule has 210 valence electrons. The van der Waals surface area contributed by atoms with Crippen molar-refractivity contribution in [2.24, 2.45) is 5.92 Å². The molecule has 0 fully saturated rings. The first-order valence-corrected chi connectivity index (χ1v) is 18.5. The first-order chi connectivity index (χ1) is 16.3. The van der Waals surface area contributed by atoms with E-state index < -0.39 is 28.7 Å². The second-order valence-electron chi connectivity index (χ2n) is 12.5. The summed E-state index contributed by atoms with van der Waals surface area (Å²) in [5.41, 5.74) is 2.34. The van der Waals surface area contributed by atoms with Gasteiger partial charge in [0, 0.05) is 12.0 Å². The molecule has 0 saturated heterocycles. The van der Waals surface area contributed by atoms with Gasteiger partial charge in [-0.05, 0) is 47.8 Å². The highest BCUT2D eigenvalue weighted by molar-refractivity contribution is 6.77. The minimum absolute atomic E-state index is 0.172. The summed E-state index contributed by atoms with van der Waals surface area (Å²) in [6.07, 6.45) is 7.90. The van der Waals surface area contributed by atoms with Crippen LogP contribution in [0.3, 0.4) is 0 Å². The molecule has 3 atom stereocenters. The molecule has 0 saturated carbocycles. The predicted molar refractivity (Wildman–Crippen MR) is 158 cm³/mol. The summed E-state index contributed by atoms with van der Waals surface area (Å²) in [4.78, 5) is 11.6. The van der Waals surface area contributed by atoms with Gasteiger partial charge in [0.15, 0.2) is 8.32 Å². The summed E-state index contributed by atoms with van der Waals surface area (Å²) in [6, 6.07) is 0. The van der Waals surface area contributed by atoms with Crippen LogP contribution in [0.5, 0.6) is 0 Å². The van der Waals surface area contributed by atoms with Crippen molar-refractivity contribution in [1.82, 2.24) is 0 Å². The lowest BCUT2D eigenvalue weighted by molar-refractivity contribution is -0.134. The fourth-order valence-corrected chi connectivity index (χ4v) is 11.0. The molecule has 0 bridgehead atoms. The molecule has 0 heterocycles. The van der Waals surface area contributed by atoms with Gasteiger partial charge < -0.3 is 18.7 Å². The minimum Gasteiger partial charge on any atom is -0.466 e. The van der Waals surface area contributed by atoms with Gasteiger partial charge in [-0.1, -0.05) is 93.0 Å². The van der Waals surface area contributed by atoms with Crippen LogP contribution < -0.4 is 0 Å². The van der Waals surface area contributed by atoms with E-state index in [9.17, 15) is 9.90 Å². The Balaban J connectivity index is 6.05. The van der Waals surface area contributed by atoms with Crippen molar-refractivity contribution in [2.45, 2.75) is 123 Å². The van der Waals surface area contributed by atoms with E-state index in [0.717, 1.165) is 5.57 Å². The first-order valence-electron chi connectivity index (χ1n) is 13.4. The average Bonchev–Trinajstić information content (AvgIpc) is 2.75. The summed E-state index contributed by atoms with van der Waals surface area (Å²) in [7, 11) is -2.69. The van der Waals surface area contributed by atoms with E-state index >= 15 is 0 Å². The number of hydrogen-bond acceptors (Lipinski definition) is 5. The second-order valence-corrected chi connectivity index (χ2v) is 22.7. The molecule has 1 N–H and O–H groups in total. The Bertz CT molecular complexity index is 738. The number of rotatable bonds is 14. The summed E-state index contributed by atoms with van der Waals surface area (Å²) in [5, 5.41) is 11.1. The molecule has 0 aliphatic heterocycles. The zero-order chi connectivity index (χ0) is 28.5. The lowest BCUT2D eigenvalue weighted by Crippen LogP contribution is -2.51. The van der Waals surface area contributed by atoms with Crippen molar-refractivity contribution >= 4 is 22.6 Å². The van der Waals surface area contributed by atoms with E-state index in [4.69, 9.17) is 8.85 Å². The Morgan fingerprint density at radius 1 is 0.917 bits per heavy atom. The molecular formula is C29H56O5Si2. The summed E-state index contributed by atoms with van der Waals surface area (Å²) < 4.78 is 18.1. The van der Waals surface area contributed by atoms with E-state index in [1.54, 1.807) is 0 Å². The number of esters is 1. The molecule has 0 radical (unpaired) electrons. The van der Waals surface area contributed by atoms with Gasteiger partial charge in [0.05, 0.1) is 25.9 Å². The molecule has 0 spiro atoms. The van der Waals surface area contributed by atoms with Gasteiger partial charge in [0.2, 0.25) is 8.32 Å². The van der Waals surface area contributed by atoms with E-state index in [1.165, 1.54) is 19.3 Å². The highest BCUT2D eigenvalue weighted by Crippen LogP contribution is 2.44. The maximum absolute atomic E-state index is 11.6. The lowest BCUT2D eigenvalue weighted by Gasteiger charge is -2.45. The van der Waals surface area contributed by atoms with Gasteiger partial charge in [0.1, 0.15) is 0 Å². The average molecular weight is 541 g/mol. The molecule has 0 aromatic carbocycles. The third-order valence-corrected chi connectivity index (χ3v) is 18.5. The smallest absolute Gasteiger partial charge is 0.330 e. The van der Waals surface area contributed by atoms with Crippen LogP contribution in [-0.2, 0) is 18.4 Å². The molecule has 0 aliphatic carbocycles. The Morgan fingerprint density at radius 2 is 1.42 bits per heavy atom. The molecule has 5 nitrogen and oxygen atoms in total. The normalized spacial score (nSPS) is 17.0. The van der Waals surface area contributed by atoms with Crippen molar-refractivity contribution in [3.05, 3.63) is 36.0 Å². The predicted octanol–water partition coefficient (Wildman–Crippen LogP) is 7.80. The first kappa shape index (κ1) is 35.0. The number of hydrogen-bond donors (Lipinski definition) is 1. The monoisotopic (exact) mass is 540 g/mol. The molecule has 0 rings (SSSR count). The van der Waals surface area contributed by atoms with Crippen LogP contribution in [0.4, 0.5) is 0 Å². The van der Waals surface area contributed by atoms with Crippen molar-refractivity contribution in [2.75, 3.05) is 13.7 Å². The zero-order valence-electron chi connectivity index (χ0n) is 25.6. The molecule has 0 amide bonds. The van der Waals surface area contributed by atoms with Crippen LogP contribution in [0.25, 0.3) is 0 Å². The number of carbonyl (C=O) groups excluding carboxylic acids is 1. The van der Waals surface area contributed by atoms with Gasteiger partial charge >= 0.3 is 5.97 Å². The van der Waals surface area contributed by atoms with Crippen LogP contribution in [-0.4, -0.2) is 53.6 Å². The van der Waals surface area contributed by atoms with E-state index in [0.29, 0.717) is 23.2 Å². The van der Waals surface area contributed by atoms with Crippen LogP contribution in [0.15, 0.2) is 36.0 Å². The number of aliphatic hydroxyl groups is 1. The number of allylic oxidation sites excluding steroid dienone is 2. The maximum atomic E-state index is 11.6. The fourth-order valence-electron chi connectivity index (χ4n) is 4.49. The van der Waals surface area contributed by atoms with E-state index in [1.807, 2.05) is 6.92 Å². The quantitative estimate of drug-likeness (QED) is 0.105. The number of ether oxygens (including phenoxy) is 1. The SMILES string of the molecule is COC(=O)/C=C/[C@@H](O)[C@H](C)[C@H](/C=C/C(C)=C/CO[Si](C)(C)C(C)(C)C)O[Si](C(C)C)(C(C)C)C(C)C. The standard InChI is InChI=1S/C29H56O5Si2/c1-21(2)36(22(3)4,23(5)6)34-27(25(8)26(30)16-18-28(31)32-12)17-15-24(7)19-20-33-35(13,14)29(9,10)11/h15-19,21-23,25-27,30H,20H2,1-14H3/b17-15+,18-16+,24-19+/t25-,26+,27-/m0/s1. The second kappa shape index (κ2) is 14.8. The van der Waals surface area contributed by atoms with Crippen LogP contribution in [0.1, 0.15) is 76.2 Å². The third-order valence-electron chi connectivity index (χ3n) is 7.94. The number of methoxy groups -OCH3 is 1. The van der Waals surface area contributed by atoms with Gasteiger partial charge in [-0.2, -0.15) is 0 Å². The van der Waals surface area contributed by atoms with Gasteiger partial charge in [-0.25, -0.2) is 4.79 Å². The zero-order valence-corrected chi connectivity index (χ0v) is 27.6. The molecule has 7 heteroatoms. The highest BCUT2D eigenvalue weighted by atomic mass is 28.4. The molecular weight excluding hydrogens is 484 g/mol. The molecule has 0 aromatic rings. The van der Waals surface area contributed by atoms with Crippen molar-refractivity contribution in [3.63, 3.8) is 0 Å². The minimum atomic E-state index is -2.21. The Labute approximate surface area is 224 Å². The van der Waals surface area contributed by atoms with Crippen molar-refractivity contribution in [3.8, 4) is 0 Å². The molecule has 36 heavy (non-hydrogen) atoms. The highest BCUT2D eigenvalue weighted by Gasteiger charge is 2.47. The maximum Gasteiger partial charge on any atom is 0.330 e. The molecule has 0 aliphatic rings. The van der Waals surface area contributed by atoms with E-state index in [2.05, 4.69) is 105 Å². The van der Waals surface area contributed by atoms with Gasteiger partial charge in [-0.3, -0.25) is 0 Å². The Hall–Kier alpha value is -0.996. The van der Waals surface area contributed by atoms with Crippen LogP contribution >= 0.6 is 0 Å². The summed E-state index contributed by atoms with van der Waals surface area (Å²) >= 11 is 0. The number of aliphatic hydroxyl groups excluding tert-OH is 1. The Kier molecular flexibility index (Phi) is 14.4. The van der Waals surface area contributed by atoms with Crippen LogP contribution in [0, 0.1) is 5.92 Å². The number of carbonyl (C=O) groups is 1. The fraction of sp³-hybridized carbons (Fsp3) is 0.759. The topological polar surface area (TPSA) is 65.0 Å². The van der Waals surface area contributed by atoms with Gasteiger partial charge in [-0.15, -0.1) is 0 Å². The van der Waals surface area contributed by atoms with Crippen molar-refractivity contribution < 1.29 is 23.5 Å². The summed E-state index contributed by atoms with van der Waals surface area (Å²) in [6.45, 7) is 29.4. The Morgan fingerprint density at radius 3 is 1.83 bits per heavy atom. The lowest BCUT2D eigenvalue weighted by atomic mass is 9.97. The van der Waals surface area contributed by atoms with Crippen LogP contribution in [0.2, 0.25) is 34.8 Å². The summed E-state index contributed by atoms with van der Waals surface area (Å²) in [5.74, 6) is -0.730. The van der Waals surface area contributed by atoms with Gasteiger partial charge in [0.25, 0.3) is 0 Å². The molecule has 0 aromatic heterocycles. The molecule has 0 unspecified atom stereocenters.